The van der Waals surface area contributed by atoms with Gasteiger partial charge in [-0.05, 0) is 45.1 Å². The average Bonchev–Trinajstić information content (AvgIpc) is 3.27. The van der Waals surface area contributed by atoms with Gasteiger partial charge in [0.1, 0.15) is 5.69 Å². The van der Waals surface area contributed by atoms with Gasteiger partial charge in [0.25, 0.3) is 11.5 Å². The molecular weight excluding hydrogens is 374 g/mol. The molecule has 158 valence electrons. The number of likely N-dealkylation sites (tertiary alicyclic amines) is 3. The van der Waals surface area contributed by atoms with Crippen molar-refractivity contribution in [1.29, 1.82) is 0 Å². The van der Waals surface area contributed by atoms with E-state index in [-0.39, 0.29) is 17.5 Å². The molecule has 0 radical (unpaired) electrons. The fourth-order valence-corrected chi connectivity index (χ4v) is 4.92. The summed E-state index contributed by atoms with van der Waals surface area (Å²) in [6.45, 7) is 4.79. The van der Waals surface area contributed by atoms with Crippen LogP contribution in [0.4, 0.5) is 0 Å². The van der Waals surface area contributed by atoms with E-state index in [0.717, 1.165) is 70.8 Å². The maximum atomic E-state index is 12.8. The highest BCUT2D eigenvalue weighted by Crippen LogP contribution is 2.26. The molecule has 1 aromatic rings. The van der Waals surface area contributed by atoms with Gasteiger partial charge >= 0.3 is 5.69 Å². The summed E-state index contributed by atoms with van der Waals surface area (Å²) in [4.78, 5) is 58.9. The van der Waals surface area contributed by atoms with Crippen molar-refractivity contribution in [1.82, 2.24) is 24.7 Å². The number of carbonyl (C=O) groups excluding carboxylic acids is 2. The van der Waals surface area contributed by atoms with Crippen molar-refractivity contribution in [3.8, 4) is 0 Å². The van der Waals surface area contributed by atoms with Crippen LogP contribution in [0.25, 0.3) is 0 Å². The third-order valence-electron chi connectivity index (χ3n) is 6.48. The van der Waals surface area contributed by atoms with Gasteiger partial charge in [0.05, 0.1) is 5.92 Å². The molecule has 3 fully saturated rings. The van der Waals surface area contributed by atoms with Gasteiger partial charge in [-0.15, -0.1) is 0 Å². The van der Waals surface area contributed by atoms with E-state index in [0.29, 0.717) is 25.0 Å². The highest BCUT2D eigenvalue weighted by atomic mass is 16.2. The SMILES string of the molecule is O=C(c1cc(=O)[nH]c(=O)[nH]1)N1CCC(N2CCC[C@H](C(=O)N3CCCC3)C2)CC1. The van der Waals surface area contributed by atoms with Crippen molar-refractivity contribution in [3.05, 3.63) is 32.6 Å². The molecule has 29 heavy (non-hydrogen) atoms. The smallest absolute Gasteiger partial charge is 0.326 e. The highest BCUT2D eigenvalue weighted by Gasteiger charge is 2.34. The molecular formula is C20H29N5O4. The first-order valence-corrected chi connectivity index (χ1v) is 10.7. The summed E-state index contributed by atoms with van der Waals surface area (Å²) >= 11 is 0. The number of H-pyrrole nitrogens is 2. The van der Waals surface area contributed by atoms with Gasteiger partial charge in [-0.2, -0.15) is 0 Å². The quantitative estimate of drug-likeness (QED) is 0.738. The number of carbonyl (C=O) groups is 2. The minimum absolute atomic E-state index is 0.0337. The van der Waals surface area contributed by atoms with Crippen molar-refractivity contribution in [2.45, 2.75) is 44.6 Å². The lowest BCUT2D eigenvalue weighted by Crippen LogP contribution is -2.52. The van der Waals surface area contributed by atoms with Crippen LogP contribution in [0.2, 0.25) is 0 Å². The summed E-state index contributed by atoms with van der Waals surface area (Å²) in [6.07, 6.45) is 5.92. The molecule has 9 nitrogen and oxygen atoms in total. The lowest BCUT2D eigenvalue weighted by atomic mass is 9.93. The van der Waals surface area contributed by atoms with E-state index in [9.17, 15) is 19.2 Å². The van der Waals surface area contributed by atoms with Crippen molar-refractivity contribution >= 4 is 11.8 Å². The van der Waals surface area contributed by atoms with Gasteiger partial charge in [-0.1, -0.05) is 0 Å². The molecule has 4 rings (SSSR count). The largest absolute Gasteiger partial charge is 0.342 e. The first-order chi connectivity index (χ1) is 14.0. The van der Waals surface area contributed by atoms with E-state index >= 15 is 0 Å². The van der Waals surface area contributed by atoms with Crippen molar-refractivity contribution < 1.29 is 9.59 Å². The Bertz CT molecular complexity index is 836. The first-order valence-electron chi connectivity index (χ1n) is 10.7. The minimum Gasteiger partial charge on any atom is -0.342 e. The topological polar surface area (TPSA) is 110 Å². The van der Waals surface area contributed by atoms with E-state index in [1.807, 2.05) is 4.90 Å². The van der Waals surface area contributed by atoms with Gasteiger partial charge in [0.15, 0.2) is 0 Å². The number of hydrogen-bond acceptors (Lipinski definition) is 5. The Morgan fingerprint density at radius 3 is 2.28 bits per heavy atom. The van der Waals surface area contributed by atoms with Gasteiger partial charge < -0.3 is 14.8 Å². The molecule has 3 aliphatic rings. The molecule has 0 spiro atoms. The predicted octanol–water partition coefficient (Wildman–Crippen LogP) is 0.00220. The molecule has 2 N–H and O–H groups in total. The summed E-state index contributed by atoms with van der Waals surface area (Å²) in [7, 11) is 0. The average molecular weight is 403 g/mol. The Labute approximate surface area is 169 Å². The molecule has 2 amide bonds. The number of rotatable bonds is 3. The number of amides is 2. The van der Waals surface area contributed by atoms with Crippen LogP contribution in [-0.2, 0) is 4.79 Å². The summed E-state index contributed by atoms with van der Waals surface area (Å²) in [5.41, 5.74) is -1.21. The summed E-state index contributed by atoms with van der Waals surface area (Å²) in [6, 6.07) is 1.50. The van der Waals surface area contributed by atoms with Crippen molar-refractivity contribution in [2.24, 2.45) is 5.92 Å². The predicted molar refractivity (Wildman–Crippen MR) is 107 cm³/mol. The van der Waals surface area contributed by atoms with Crippen LogP contribution in [0, 0.1) is 5.92 Å². The maximum absolute atomic E-state index is 12.8. The molecule has 3 aliphatic heterocycles. The van der Waals surface area contributed by atoms with Crippen LogP contribution >= 0.6 is 0 Å². The lowest BCUT2D eigenvalue weighted by molar-refractivity contribution is -0.136. The number of hydrogen-bond donors (Lipinski definition) is 2. The van der Waals surface area contributed by atoms with Crippen molar-refractivity contribution in [3.63, 3.8) is 0 Å². The monoisotopic (exact) mass is 403 g/mol. The maximum Gasteiger partial charge on any atom is 0.326 e. The molecule has 0 saturated carbocycles. The molecule has 9 heteroatoms. The Kier molecular flexibility index (Phi) is 5.84. The second-order valence-corrected chi connectivity index (χ2v) is 8.39. The zero-order chi connectivity index (χ0) is 20.4. The highest BCUT2D eigenvalue weighted by molar-refractivity contribution is 5.92. The fraction of sp³-hybridized carbons (Fsp3) is 0.700. The van der Waals surface area contributed by atoms with Crippen LogP contribution in [0.3, 0.4) is 0 Å². The van der Waals surface area contributed by atoms with Crippen LogP contribution < -0.4 is 11.2 Å². The van der Waals surface area contributed by atoms with E-state index in [1.165, 1.54) is 0 Å². The number of nitrogens with zero attached hydrogens (tertiary/aromatic N) is 3. The fourth-order valence-electron chi connectivity index (χ4n) is 4.92. The lowest BCUT2D eigenvalue weighted by Gasteiger charge is -2.42. The Hall–Kier alpha value is -2.42. The van der Waals surface area contributed by atoms with Crippen molar-refractivity contribution in [2.75, 3.05) is 39.3 Å². The molecule has 0 bridgehead atoms. The third-order valence-corrected chi connectivity index (χ3v) is 6.48. The Balaban J connectivity index is 1.33. The summed E-state index contributed by atoms with van der Waals surface area (Å²) < 4.78 is 0. The minimum atomic E-state index is -0.669. The third kappa shape index (κ3) is 4.44. The second kappa shape index (κ2) is 8.52. The van der Waals surface area contributed by atoms with Crippen LogP contribution in [0.15, 0.2) is 15.7 Å². The molecule has 0 aliphatic carbocycles. The molecule has 0 aromatic carbocycles. The zero-order valence-electron chi connectivity index (χ0n) is 16.7. The van der Waals surface area contributed by atoms with Gasteiger partial charge in [-0.3, -0.25) is 24.3 Å². The van der Waals surface area contributed by atoms with Crippen LogP contribution in [0.1, 0.15) is 49.0 Å². The van der Waals surface area contributed by atoms with Gasteiger partial charge in [0, 0.05) is 44.8 Å². The normalized spacial score (nSPS) is 24.1. The van der Waals surface area contributed by atoms with E-state index < -0.39 is 11.2 Å². The van der Waals surface area contributed by atoms with Crippen LogP contribution in [-0.4, -0.2) is 81.8 Å². The van der Waals surface area contributed by atoms with Crippen LogP contribution in [0.5, 0.6) is 0 Å². The molecule has 1 atom stereocenters. The van der Waals surface area contributed by atoms with Gasteiger partial charge in [0.2, 0.25) is 5.91 Å². The Morgan fingerprint density at radius 2 is 1.59 bits per heavy atom. The number of nitrogens with one attached hydrogen (secondary N) is 2. The first kappa shape index (κ1) is 19.9. The van der Waals surface area contributed by atoms with Gasteiger partial charge in [-0.25, -0.2) is 4.79 Å². The van der Waals surface area contributed by atoms with E-state index in [4.69, 9.17) is 0 Å². The molecule has 0 unspecified atom stereocenters. The molecule has 3 saturated heterocycles. The Morgan fingerprint density at radius 1 is 0.862 bits per heavy atom. The number of piperidine rings is 2. The van der Waals surface area contributed by atoms with E-state index in [2.05, 4.69) is 14.9 Å². The second-order valence-electron chi connectivity index (χ2n) is 8.39. The zero-order valence-corrected chi connectivity index (χ0v) is 16.7. The molecule has 4 heterocycles. The van der Waals surface area contributed by atoms with E-state index in [1.54, 1.807) is 4.90 Å². The standard InChI is InChI=1S/C20H29N5O4/c26-17-12-16(21-20(29)22-17)19(28)24-10-5-15(6-11-24)25-9-3-4-14(13-25)18(27)23-7-1-2-8-23/h12,14-15H,1-11,13H2,(H2,21,22,26,29)/t14-/m0/s1. The summed E-state index contributed by atoms with van der Waals surface area (Å²) in [5, 5.41) is 0. The summed E-state index contributed by atoms with van der Waals surface area (Å²) in [5.74, 6) is 0.105. The number of aromatic amines is 2. The number of aromatic nitrogens is 2. The molecule has 1 aromatic heterocycles.